The van der Waals surface area contributed by atoms with Gasteiger partial charge >= 0.3 is 0 Å². The van der Waals surface area contributed by atoms with E-state index in [1.165, 1.54) is 48.8 Å². The summed E-state index contributed by atoms with van der Waals surface area (Å²) in [6.45, 7) is 15.8. The number of rotatable bonds is 6. The van der Waals surface area contributed by atoms with Gasteiger partial charge in [-0.2, -0.15) is 0 Å². The first-order chi connectivity index (χ1) is 29.9. The highest BCUT2D eigenvalue weighted by atomic mass is 28.3. The van der Waals surface area contributed by atoms with E-state index < -0.39 is 8.07 Å². The van der Waals surface area contributed by atoms with Gasteiger partial charge in [-0.15, -0.1) is 0 Å². The van der Waals surface area contributed by atoms with Crippen molar-refractivity contribution in [3.05, 3.63) is 211 Å². The normalized spacial score (nSPS) is 13.4. The molecule has 10 rings (SSSR count). The molecule has 0 radical (unpaired) electrons. The second-order valence-electron chi connectivity index (χ2n) is 19.2. The van der Waals surface area contributed by atoms with E-state index in [4.69, 9.17) is 0 Å². The van der Waals surface area contributed by atoms with Crippen LogP contribution in [-0.4, -0.2) is 14.8 Å². The van der Waals surface area contributed by atoms with Crippen molar-refractivity contribution in [2.75, 3.05) is 9.80 Å². The molecule has 0 spiro atoms. The minimum absolute atomic E-state index is 0.0306. The lowest BCUT2D eigenvalue weighted by atomic mass is 9.33. The summed E-state index contributed by atoms with van der Waals surface area (Å²) >= 11 is 0. The molecule has 0 atom stereocenters. The highest BCUT2D eigenvalue weighted by Gasteiger charge is 2.45. The molecule has 0 aliphatic carbocycles. The minimum Gasteiger partial charge on any atom is -0.311 e. The fourth-order valence-corrected chi connectivity index (χ4v) is 14.9. The van der Waals surface area contributed by atoms with E-state index in [2.05, 4.69) is 234 Å². The van der Waals surface area contributed by atoms with Gasteiger partial charge in [0.25, 0.3) is 6.71 Å². The SMILES string of the molecule is Cc1cc2c3c(c1)N(c1ccc([Si](c4ccccc4)(c4ccccc4)c4ccccc4)cc1F)c1ccccc1B3c1cc(C(C)(C)C)ccc1N2c1ccc(C(C)(C)C)cc1. The number of benzene rings is 8. The van der Waals surface area contributed by atoms with Crippen LogP contribution in [0.1, 0.15) is 58.2 Å². The van der Waals surface area contributed by atoms with Crippen molar-refractivity contribution in [3.63, 3.8) is 0 Å². The van der Waals surface area contributed by atoms with Crippen molar-refractivity contribution in [1.29, 1.82) is 0 Å². The molecule has 0 amide bonds. The van der Waals surface area contributed by atoms with Gasteiger partial charge < -0.3 is 9.80 Å². The summed E-state index contributed by atoms with van der Waals surface area (Å²) in [6.07, 6.45) is 0. The molecule has 0 aromatic heterocycles. The molecule has 0 saturated heterocycles. The maximum absolute atomic E-state index is 18.0. The predicted molar refractivity (Wildman–Crippen MR) is 266 cm³/mol. The monoisotopic (exact) mass is 822 g/mol. The van der Waals surface area contributed by atoms with Gasteiger partial charge in [-0.1, -0.05) is 181 Å². The van der Waals surface area contributed by atoms with Crippen LogP contribution >= 0.6 is 0 Å². The maximum Gasteiger partial charge on any atom is 0.252 e. The maximum atomic E-state index is 18.0. The first-order valence-corrected chi connectivity index (χ1v) is 23.9. The van der Waals surface area contributed by atoms with Crippen molar-refractivity contribution in [2.45, 2.75) is 59.3 Å². The fraction of sp³-hybridized carbons (Fsp3) is 0.158. The van der Waals surface area contributed by atoms with E-state index in [1.54, 1.807) is 0 Å². The van der Waals surface area contributed by atoms with Crippen LogP contribution in [-0.2, 0) is 10.8 Å². The molecule has 8 aromatic carbocycles. The molecule has 62 heavy (non-hydrogen) atoms. The molecular formula is C57H52BFN2Si. The zero-order valence-electron chi connectivity index (χ0n) is 36.7. The van der Waals surface area contributed by atoms with Crippen LogP contribution in [0.2, 0.25) is 0 Å². The van der Waals surface area contributed by atoms with Crippen molar-refractivity contribution >= 4 is 86.0 Å². The Hall–Kier alpha value is -6.43. The van der Waals surface area contributed by atoms with Crippen LogP contribution in [0.15, 0.2) is 188 Å². The van der Waals surface area contributed by atoms with E-state index in [9.17, 15) is 0 Å². The Morgan fingerprint density at radius 3 is 1.45 bits per heavy atom. The van der Waals surface area contributed by atoms with Gasteiger partial charge in [-0.3, -0.25) is 0 Å². The van der Waals surface area contributed by atoms with E-state index in [1.807, 2.05) is 12.1 Å². The highest BCUT2D eigenvalue weighted by molar-refractivity contribution is 7.19. The lowest BCUT2D eigenvalue weighted by Gasteiger charge is -2.45. The number of para-hydroxylation sites is 1. The smallest absolute Gasteiger partial charge is 0.252 e. The molecule has 0 N–H and O–H groups in total. The average Bonchev–Trinajstić information content (AvgIpc) is 3.27. The molecule has 2 aliphatic heterocycles. The van der Waals surface area contributed by atoms with Crippen LogP contribution in [0, 0.1) is 12.7 Å². The number of nitrogens with zero attached hydrogens (tertiary/aromatic N) is 2. The molecule has 304 valence electrons. The zero-order valence-corrected chi connectivity index (χ0v) is 37.7. The second kappa shape index (κ2) is 14.9. The molecule has 0 bridgehead atoms. The molecule has 8 aromatic rings. The number of hydrogen-bond acceptors (Lipinski definition) is 2. The predicted octanol–water partition coefficient (Wildman–Crippen LogP) is 10.2. The quantitative estimate of drug-likeness (QED) is 0.122. The summed E-state index contributed by atoms with van der Waals surface area (Å²) in [5.41, 5.74) is 13.3. The standard InChI is InChI=1S/C57H52BFN2Si/c1-39-35-53-55-54(36-39)61(52-34-32-46(38-49(52)59)62(43-19-11-8-12-20-43,44-21-13-9-14-22-44)45-23-15-10-16-24-45)50-26-18-17-25-47(50)58(55)48-37-41(57(5,6)7)29-33-51(48)60(53)42-30-27-40(28-31-42)56(2,3)4/h8-38H,1-7H3. The Kier molecular flexibility index (Phi) is 9.53. The largest absolute Gasteiger partial charge is 0.311 e. The summed E-state index contributed by atoms with van der Waals surface area (Å²) in [5.74, 6) is -0.244. The number of fused-ring (bicyclic) bond motifs is 4. The summed E-state index contributed by atoms with van der Waals surface area (Å²) in [4.78, 5) is 4.65. The van der Waals surface area contributed by atoms with Gasteiger partial charge in [0.1, 0.15) is 5.82 Å². The van der Waals surface area contributed by atoms with Gasteiger partial charge in [0.15, 0.2) is 8.07 Å². The molecule has 0 saturated carbocycles. The van der Waals surface area contributed by atoms with Crippen LogP contribution in [0.25, 0.3) is 0 Å². The Morgan fingerprint density at radius 2 is 0.903 bits per heavy atom. The third-order valence-corrected chi connectivity index (χ3v) is 18.0. The molecular weight excluding hydrogens is 771 g/mol. The van der Waals surface area contributed by atoms with Crippen molar-refractivity contribution in [2.24, 2.45) is 0 Å². The minimum atomic E-state index is -2.96. The van der Waals surface area contributed by atoms with Crippen LogP contribution < -0.4 is 46.9 Å². The van der Waals surface area contributed by atoms with Gasteiger partial charge in [0.05, 0.1) is 5.69 Å². The van der Waals surface area contributed by atoms with E-state index >= 15 is 4.39 Å². The highest BCUT2D eigenvalue weighted by Crippen LogP contribution is 2.45. The van der Waals surface area contributed by atoms with Crippen molar-refractivity contribution in [3.8, 4) is 0 Å². The van der Waals surface area contributed by atoms with Crippen molar-refractivity contribution in [1.82, 2.24) is 0 Å². The lowest BCUT2D eigenvalue weighted by molar-refractivity contribution is 0.590. The second-order valence-corrected chi connectivity index (χ2v) is 23.0. The Labute approximate surface area is 368 Å². The van der Waals surface area contributed by atoms with Gasteiger partial charge in [0.2, 0.25) is 0 Å². The summed E-state index contributed by atoms with van der Waals surface area (Å²) in [5, 5.41) is 4.65. The first-order valence-electron chi connectivity index (χ1n) is 21.9. The number of aryl methyl sites for hydroxylation is 1. The van der Waals surface area contributed by atoms with Crippen LogP contribution in [0.5, 0.6) is 0 Å². The summed E-state index contributed by atoms with van der Waals surface area (Å²) in [6, 6.07) is 67.7. The fourth-order valence-electron chi connectivity index (χ4n) is 10.2. The molecule has 2 heterocycles. The van der Waals surface area contributed by atoms with E-state index in [-0.39, 0.29) is 23.4 Å². The molecule has 0 unspecified atom stereocenters. The topological polar surface area (TPSA) is 6.48 Å². The lowest BCUT2D eigenvalue weighted by Crippen LogP contribution is -2.74. The third-order valence-electron chi connectivity index (χ3n) is 13.2. The number of hydrogen-bond donors (Lipinski definition) is 0. The summed E-state index contributed by atoms with van der Waals surface area (Å²) in [7, 11) is -2.96. The molecule has 0 fully saturated rings. The summed E-state index contributed by atoms with van der Waals surface area (Å²) < 4.78 is 18.0. The molecule has 5 heteroatoms. The molecule has 2 aliphatic rings. The number of halogens is 1. The Balaban J connectivity index is 1.22. The Morgan fingerprint density at radius 1 is 0.419 bits per heavy atom. The van der Waals surface area contributed by atoms with E-state index in [0.29, 0.717) is 5.69 Å². The van der Waals surface area contributed by atoms with E-state index in [0.717, 1.165) is 33.5 Å². The molecule has 2 nitrogen and oxygen atoms in total. The third kappa shape index (κ3) is 6.36. The first kappa shape index (κ1) is 39.7. The van der Waals surface area contributed by atoms with Crippen LogP contribution in [0.3, 0.4) is 0 Å². The van der Waals surface area contributed by atoms with Gasteiger partial charge in [0, 0.05) is 28.4 Å². The number of anilines is 6. The Bertz CT molecular complexity index is 2860. The van der Waals surface area contributed by atoms with Crippen molar-refractivity contribution < 1.29 is 4.39 Å². The van der Waals surface area contributed by atoms with Gasteiger partial charge in [-0.25, -0.2) is 4.39 Å². The van der Waals surface area contributed by atoms with Gasteiger partial charge in [-0.05, 0) is 120 Å². The zero-order chi connectivity index (χ0) is 43.0. The average molecular weight is 823 g/mol. The van der Waals surface area contributed by atoms with Crippen LogP contribution in [0.4, 0.5) is 38.5 Å².